The fourth-order valence-electron chi connectivity index (χ4n) is 6.72. The van der Waals surface area contributed by atoms with Gasteiger partial charge in [-0.15, -0.1) is 0 Å². The van der Waals surface area contributed by atoms with Gasteiger partial charge in [-0.25, -0.2) is 26.0 Å². The number of alkyl halides is 6. The van der Waals surface area contributed by atoms with Crippen LogP contribution in [0.5, 0.6) is 0 Å². The number of benzene rings is 4. The third-order valence-electron chi connectivity index (χ3n) is 9.16. The van der Waals surface area contributed by atoms with Crippen LogP contribution in [-0.4, -0.2) is 8.42 Å². The highest BCUT2D eigenvalue weighted by molar-refractivity contribution is 7.89. The van der Waals surface area contributed by atoms with E-state index in [2.05, 4.69) is 0 Å². The Kier molecular flexibility index (Phi) is 9.86. The highest BCUT2D eigenvalue weighted by atomic mass is 32.2. The molecule has 0 bridgehead atoms. The molecule has 276 valence electrons. The van der Waals surface area contributed by atoms with Gasteiger partial charge in [0.15, 0.2) is 9.84 Å². The van der Waals surface area contributed by atoms with E-state index in [1.807, 2.05) is 0 Å². The summed E-state index contributed by atoms with van der Waals surface area (Å²) in [7, 11) is -4.43. The minimum Gasteiger partial charge on any atom is -0.228 e. The van der Waals surface area contributed by atoms with Gasteiger partial charge in [-0.3, -0.25) is 0 Å². The summed E-state index contributed by atoms with van der Waals surface area (Å²) in [5, 5.41) is 0. The summed E-state index contributed by atoms with van der Waals surface area (Å²) >= 11 is 0. The van der Waals surface area contributed by atoms with E-state index in [1.165, 1.54) is 38.1 Å². The predicted octanol–water partition coefficient (Wildman–Crippen LogP) is 11.8. The van der Waals surface area contributed by atoms with E-state index in [4.69, 9.17) is 0 Å². The Morgan fingerprint density at radius 2 is 0.868 bits per heavy atom. The molecule has 0 saturated heterocycles. The molecule has 0 fully saturated rings. The lowest BCUT2D eigenvalue weighted by atomic mass is 9.92. The fourth-order valence-corrected chi connectivity index (χ4v) is 8.21. The molecule has 0 unspecified atom stereocenters. The maximum Gasteiger partial charge on any atom is 0.416 e. The topological polar surface area (TPSA) is 34.1 Å². The number of hydrogen-bond acceptors (Lipinski definition) is 2. The molecule has 0 saturated carbocycles. The average molecular weight is 763 g/mol. The van der Waals surface area contributed by atoms with Crippen LogP contribution in [0.15, 0.2) is 85.0 Å². The summed E-state index contributed by atoms with van der Waals surface area (Å²) in [6.45, 7) is 2.56. The molecule has 0 N–H and O–H groups in total. The van der Waals surface area contributed by atoms with E-state index in [1.54, 1.807) is 24.3 Å². The lowest BCUT2D eigenvalue weighted by molar-refractivity contribution is -0.138. The maximum absolute atomic E-state index is 15.5. The number of rotatable bonds is 8. The first-order valence-corrected chi connectivity index (χ1v) is 17.9. The molecular formula is C40H28F10O2S. The Morgan fingerprint density at radius 3 is 1.21 bits per heavy atom. The number of aryl methyl sites for hydroxylation is 2. The molecule has 53 heavy (non-hydrogen) atoms. The quantitative estimate of drug-likeness (QED) is 0.168. The second-order valence-corrected chi connectivity index (χ2v) is 14.9. The van der Waals surface area contributed by atoms with Gasteiger partial charge in [-0.05, 0) is 108 Å². The Labute approximate surface area is 298 Å². The van der Waals surface area contributed by atoms with E-state index < -0.39 is 79.2 Å². The van der Waals surface area contributed by atoms with Gasteiger partial charge in [-0.1, -0.05) is 48.6 Å². The maximum atomic E-state index is 15.5. The fraction of sp³-hybridized carbons (Fsp3) is 0.200. The third-order valence-corrected chi connectivity index (χ3v) is 10.7. The SMILES string of the molecule is Cc1cc(C2=CCC=C2c2cc(F)c(CS(=O)(=O)Cc3cc(F)c(C4=CCC=C4c4ccc(C(F)(F)F)c(C)c4)cc3F)cc2F)ccc1C(F)(F)F. The van der Waals surface area contributed by atoms with Gasteiger partial charge in [0.2, 0.25) is 0 Å². The van der Waals surface area contributed by atoms with Gasteiger partial charge >= 0.3 is 12.4 Å². The number of hydrogen-bond donors (Lipinski definition) is 0. The summed E-state index contributed by atoms with van der Waals surface area (Å²) < 4.78 is 168. The van der Waals surface area contributed by atoms with Crippen LogP contribution < -0.4 is 0 Å². The van der Waals surface area contributed by atoms with Crippen molar-refractivity contribution in [2.45, 2.75) is 50.5 Å². The predicted molar refractivity (Wildman–Crippen MR) is 183 cm³/mol. The summed E-state index contributed by atoms with van der Waals surface area (Å²) in [6.07, 6.45) is -2.18. The molecule has 0 heterocycles. The van der Waals surface area contributed by atoms with Crippen LogP contribution in [0.25, 0.3) is 22.3 Å². The summed E-state index contributed by atoms with van der Waals surface area (Å²) in [4.78, 5) is 0. The zero-order valence-electron chi connectivity index (χ0n) is 27.9. The molecule has 13 heteroatoms. The van der Waals surface area contributed by atoms with Crippen molar-refractivity contribution in [1.82, 2.24) is 0 Å². The van der Waals surface area contributed by atoms with Crippen LogP contribution in [-0.2, 0) is 33.7 Å². The summed E-state index contributed by atoms with van der Waals surface area (Å²) in [5.74, 6) is -6.34. The van der Waals surface area contributed by atoms with E-state index in [-0.39, 0.29) is 46.2 Å². The van der Waals surface area contributed by atoms with Gasteiger partial charge in [-0.2, -0.15) is 26.3 Å². The molecule has 0 amide bonds. The molecule has 0 aliphatic heterocycles. The molecule has 0 radical (unpaired) electrons. The van der Waals surface area contributed by atoms with Crippen molar-refractivity contribution in [3.63, 3.8) is 0 Å². The van der Waals surface area contributed by atoms with Gasteiger partial charge in [0.05, 0.1) is 22.6 Å². The smallest absolute Gasteiger partial charge is 0.228 e. The van der Waals surface area contributed by atoms with E-state index in [9.17, 15) is 34.8 Å². The van der Waals surface area contributed by atoms with Crippen molar-refractivity contribution in [3.05, 3.63) is 164 Å². The zero-order valence-corrected chi connectivity index (χ0v) is 28.7. The highest BCUT2D eigenvalue weighted by Crippen LogP contribution is 2.42. The van der Waals surface area contributed by atoms with Crippen molar-refractivity contribution < 1.29 is 52.3 Å². The lowest BCUT2D eigenvalue weighted by Crippen LogP contribution is -2.12. The van der Waals surface area contributed by atoms with Crippen LogP contribution in [0.3, 0.4) is 0 Å². The Morgan fingerprint density at radius 1 is 0.509 bits per heavy atom. The largest absolute Gasteiger partial charge is 0.416 e. The molecule has 2 aliphatic carbocycles. The molecule has 0 spiro atoms. The first kappa shape index (κ1) is 37.8. The first-order valence-electron chi connectivity index (χ1n) is 16.1. The molecule has 2 aliphatic rings. The normalized spacial score (nSPS) is 15.0. The summed E-state index contributed by atoms with van der Waals surface area (Å²) in [5.41, 5.74) is -1.60. The van der Waals surface area contributed by atoms with Gasteiger partial charge < -0.3 is 0 Å². The van der Waals surface area contributed by atoms with Crippen LogP contribution in [0.4, 0.5) is 43.9 Å². The van der Waals surface area contributed by atoms with Gasteiger partial charge in [0, 0.05) is 22.3 Å². The number of halogens is 10. The number of allylic oxidation sites excluding steroid dienone is 8. The highest BCUT2D eigenvalue weighted by Gasteiger charge is 2.34. The Hall–Kier alpha value is -4.91. The monoisotopic (exact) mass is 762 g/mol. The molecule has 2 nitrogen and oxygen atoms in total. The molecule has 0 aromatic heterocycles. The minimum absolute atomic E-state index is 0.0641. The Balaban J connectivity index is 1.20. The van der Waals surface area contributed by atoms with Crippen molar-refractivity contribution >= 4 is 32.1 Å². The second-order valence-electron chi connectivity index (χ2n) is 12.9. The van der Waals surface area contributed by atoms with Crippen molar-refractivity contribution in [2.24, 2.45) is 0 Å². The Bertz CT molecular complexity index is 2230. The van der Waals surface area contributed by atoms with Crippen LogP contribution in [0.2, 0.25) is 0 Å². The second kappa shape index (κ2) is 13.8. The summed E-state index contributed by atoms with van der Waals surface area (Å²) in [6, 6.07) is 9.77. The van der Waals surface area contributed by atoms with Crippen molar-refractivity contribution in [3.8, 4) is 0 Å². The van der Waals surface area contributed by atoms with Crippen molar-refractivity contribution in [2.75, 3.05) is 0 Å². The molecule has 0 atom stereocenters. The minimum atomic E-state index is -4.57. The van der Waals surface area contributed by atoms with Gasteiger partial charge in [0.1, 0.15) is 23.3 Å². The van der Waals surface area contributed by atoms with E-state index >= 15 is 17.6 Å². The molecule has 4 aromatic rings. The standard InChI is InChI=1S/C40H28F10O2S/c1-21-13-23(9-11-33(21)39(45,46)47)27-5-3-7-29(27)31-17-35(41)25(15-37(31)43)19-53(51,52)20-26-16-38(44)32(18-36(26)42)30-8-4-6-28(30)24-10-12-34(22(2)14-24)40(48,49)50/h5-18H,3-4,19-20H2,1-2H3. The zero-order chi connectivity index (χ0) is 38.6. The molecular weight excluding hydrogens is 734 g/mol. The number of sulfone groups is 1. The van der Waals surface area contributed by atoms with Gasteiger partial charge in [0.25, 0.3) is 0 Å². The lowest BCUT2D eigenvalue weighted by Gasteiger charge is -2.16. The molecule has 4 aromatic carbocycles. The molecule has 6 rings (SSSR count). The first-order chi connectivity index (χ1) is 24.7. The van der Waals surface area contributed by atoms with Crippen LogP contribution in [0, 0.1) is 37.1 Å². The third kappa shape index (κ3) is 7.76. The van der Waals surface area contributed by atoms with Crippen molar-refractivity contribution in [1.29, 1.82) is 0 Å². The van der Waals surface area contributed by atoms with E-state index in [0.29, 0.717) is 34.4 Å². The van der Waals surface area contributed by atoms with Crippen LogP contribution in [0.1, 0.15) is 68.5 Å². The average Bonchev–Trinajstić information content (AvgIpc) is 3.73. The van der Waals surface area contributed by atoms with E-state index in [0.717, 1.165) is 24.3 Å². The van der Waals surface area contributed by atoms with Crippen LogP contribution >= 0.6 is 0 Å².